The molecule has 0 saturated carbocycles. The van der Waals surface area contributed by atoms with Crippen molar-refractivity contribution >= 4 is 34.3 Å². The van der Waals surface area contributed by atoms with E-state index < -0.39 is 0 Å². The number of fused-ring (bicyclic) bond motifs is 3. The summed E-state index contributed by atoms with van der Waals surface area (Å²) in [6.07, 6.45) is 3.71. The summed E-state index contributed by atoms with van der Waals surface area (Å²) >= 11 is 2.26. The van der Waals surface area contributed by atoms with Gasteiger partial charge in [-0.1, -0.05) is 25.5 Å². The first-order valence-corrected chi connectivity index (χ1v) is 11.3. The number of benzene rings is 2. The number of hydrogen-bond acceptors (Lipinski definition) is 4. The molecule has 0 atom stereocenters. The van der Waals surface area contributed by atoms with Gasteiger partial charge in [-0.05, 0) is 83.3 Å². The summed E-state index contributed by atoms with van der Waals surface area (Å²) < 4.78 is 6.52. The molecule has 154 valence electrons. The van der Waals surface area contributed by atoms with Crippen molar-refractivity contribution < 1.29 is 9.53 Å². The highest BCUT2D eigenvalue weighted by Crippen LogP contribution is 2.35. The highest BCUT2D eigenvalue weighted by atomic mass is 127. The maximum Gasteiger partial charge on any atom is 0.229 e. The smallest absolute Gasteiger partial charge is 0.229 e. The van der Waals surface area contributed by atoms with Crippen LogP contribution in [-0.4, -0.2) is 23.0 Å². The average Bonchev–Trinajstić information content (AvgIpc) is 2.75. The molecule has 5 nitrogen and oxygen atoms in total. The summed E-state index contributed by atoms with van der Waals surface area (Å²) in [7, 11) is 1.68. The van der Waals surface area contributed by atoms with Crippen molar-refractivity contribution in [3.05, 3.63) is 68.5 Å². The van der Waals surface area contributed by atoms with Gasteiger partial charge in [0.15, 0.2) is 5.82 Å². The van der Waals surface area contributed by atoms with Gasteiger partial charge in [-0.2, -0.15) is 0 Å². The number of rotatable bonds is 6. The van der Waals surface area contributed by atoms with Gasteiger partial charge in [-0.3, -0.25) is 4.79 Å². The number of nitrogens with zero attached hydrogens (tertiary/aromatic N) is 2. The second-order valence-electron chi connectivity index (χ2n) is 7.44. The van der Waals surface area contributed by atoms with E-state index in [1.54, 1.807) is 7.11 Å². The van der Waals surface area contributed by atoms with Crippen molar-refractivity contribution in [2.24, 2.45) is 0 Å². The van der Waals surface area contributed by atoms with E-state index in [0.29, 0.717) is 12.2 Å². The molecule has 1 N–H and O–H groups in total. The van der Waals surface area contributed by atoms with Crippen LogP contribution in [0, 0.1) is 3.57 Å². The molecule has 0 unspecified atom stereocenters. The van der Waals surface area contributed by atoms with E-state index in [2.05, 4.69) is 47.0 Å². The monoisotopic (exact) mass is 513 g/mol. The van der Waals surface area contributed by atoms with Crippen LogP contribution in [0.1, 0.15) is 35.9 Å². The first-order chi connectivity index (χ1) is 14.6. The van der Waals surface area contributed by atoms with Crippen LogP contribution in [0.3, 0.4) is 0 Å². The van der Waals surface area contributed by atoms with E-state index in [9.17, 15) is 4.79 Å². The summed E-state index contributed by atoms with van der Waals surface area (Å²) in [6.45, 7) is 2.11. The Morgan fingerprint density at radius 2 is 1.93 bits per heavy atom. The van der Waals surface area contributed by atoms with Crippen LogP contribution in [0.2, 0.25) is 0 Å². The molecule has 0 saturated heterocycles. The van der Waals surface area contributed by atoms with Gasteiger partial charge in [0.25, 0.3) is 0 Å². The van der Waals surface area contributed by atoms with Crippen LogP contribution in [-0.2, 0) is 30.5 Å². The molecule has 30 heavy (non-hydrogen) atoms. The number of hydrogen-bond donors (Lipinski definition) is 1. The molecule has 1 aliphatic rings. The fraction of sp³-hybridized carbons (Fsp3) is 0.292. The van der Waals surface area contributed by atoms with Gasteiger partial charge in [-0.25, -0.2) is 9.97 Å². The number of carbonyl (C=O) groups is 1. The zero-order chi connectivity index (χ0) is 21.1. The summed E-state index contributed by atoms with van der Waals surface area (Å²) in [5.74, 6) is 1.39. The van der Waals surface area contributed by atoms with Crippen molar-refractivity contribution in [3.8, 4) is 17.0 Å². The molecule has 2 aromatic carbocycles. The third-order valence-corrected chi connectivity index (χ3v) is 5.98. The molecule has 1 heterocycles. The molecule has 0 radical (unpaired) electrons. The minimum atomic E-state index is -0.0660. The van der Waals surface area contributed by atoms with Crippen LogP contribution in [0.25, 0.3) is 11.3 Å². The number of methoxy groups -OCH3 is 1. The molecule has 6 heteroatoms. The fourth-order valence-electron chi connectivity index (χ4n) is 3.76. The molecule has 0 bridgehead atoms. The maximum absolute atomic E-state index is 12.7. The average molecular weight is 513 g/mol. The quantitative estimate of drug-likeness (QED) is 0.472. The van der Waals surface area contributed by atoms with E-state index in [-0.39, 0.29) is 5.91 Å². The van der Waals surface area contributed by atoms with Gasteiger partial charge < -0.3 is 10.1 Å². The van der Waals surface area contributed by atoms with Crippen LogP contribution in [0.15, 0.2) is 42.5 Å². The van der Waals surface area contributed by atoms with Gasteiger partial charge in [0.2, 0.25) is 5.91 Å². The molecule has 1 aromatic heterocycles. The lowest BCUT2D eigenvalue weighted by Gasteiger charge is -2.21. The molecule has 0 fully saturated rings. The molecule has 1 amide bonds. The van der Waals surface area contributed by atoms with Crippen LogP contribution in [0.5, 0.6) is 5.75 Å². The zero-order valence-electron chi connectivity index (χ0n) is 17.2. The fourth-order valence-corrected chi connectivity index (χ4v) is 4.12. The predicted molar refractivity (Wildman–Crippen MR) is 127 cm³/mol. The Balaban J connectivity index is 1.62. The zero-order valence-corrected chi connectivity index (χ0v) is 19.3. The van der Waals surface area contributed by atoms with Crippen LogP contribution >= 0.6 is 22.6 Å². The lowest BCUT2D eigenvalue weighted by atomic mass is 9.91. The number of aryl methyl sites for hydroxylation is 3. The summed E-state index contributed by atoms with van der Waals surface area (Å²) in [4.78, 5) is 22.5. The Morgan fingerprint density at radius 3 is 2.67 bits per heavy atom. The Morgan fingerprint density at radius 1 is 1.13 bits per heavy atom. The Kier molecular flexibility index (Phi) is 6.32. The van der Waals surface area contributed by atoms with Crippen molar-refractivity contribution in [2.45, 2.75) is 39.0 Å². The molecule has 0 spiro atoms. The highest BCUT2D eigenvalue weighted by Gasteiger charge is 2.22. The molecular weight excluding hydrogens is 489 g/mol. The third kappa shape index (κ3) is 4.48. The summed E-state index contributed by atoms with van der Waals surface area (Å²) in [6, 6.07) is 14.1. The van der Waals surface area contributed by atoms with E-state index in [4.69, 9.17) is 14.7 Å². The van der Waals surface area contributed by atoms with E-state index in [1.807, 2.05) is 30.3 Å². The first kappa shape index (κ1) is 20.8. The summed E-state index contributed by atoms with van der Waals surface area (Å²) in [5, 5.41) is 3.02. The van der Waals surface area contributed by atoms with Crippen LogP contribution in [0.4, 0.5) is 5.82 Å². The number of aromatic nitrogens is 2. The topological polar surface area (TPSA) is 64.1 Å². The standard InChI is InChI=1S/C24H24IN3O2/c1-3-4-21-24(28-22(29)13-15-5-8-17(25)9-6-15)27-20-12-7-16-14-18(30-2)10-11-19(16)23(20)26-21/h5-6,8-11,14H,3-4,7,12-13H2,1-2H3,(H,27,28,29). The van der Waals surface area contributed by atoms with Crippen molar-refractivity contribution in [2.75, 3.05) is 12.4 Å². The molecule has 1 aliphatic carbocycles. The Bertz CT molecular complexity index is 1080. The largest absolute Gasteiger partial charge is 0.497 e. The lowest BCUT2D eigenvalue weighted by molar-refractivity contribution is -0.115. The molecule has 4 rings (SSSR count). The predicted octanol–water partition coefficient (Wildman–Crippen LogP) is 4.99. The third-order valence-electron chi connectivity index (χ3n) is 5.26. The molecular formula is C24H24IN3O2. The minimum Gasteiger partial charge on any atom is -0.497 e. The minimum absolute atomic E-state index is 0.0660. The van der Waals surface area contributed by atoms with Gasteiger partial charge in [0.1, 0.15) is 5.75 Å². The lowest BCUT2D eigenvalue weighted by Crippen LogP contribution is -2.19. The number of carbonyl (C=O) groups excluding carboxylic acids is 1. The molecule has 3 aromatic rings. The first-order valence-electron chi connectivity index (χ1n) is 10.2. The number of halogens is 1. The number of ether oxygens (including phenoxy) is 1. The van der Waals surface area contributed by atoms with Gasteiger partial charge in [-0.15, -0.1) is 0 Å². The number of nitrogens with one attached hydrogen (secondary N) is 1. The van der Waals surface area contributed by atoms with Gasteiger partial charge in [0.05, 0.1) is 30.6 Å². The van der Waals surface area contributed by atoms with E-state index in [0.717, 1.165) is 63.2 Å². The SMILES string of the molecule is CCCc1nc2c(nc1NC(=O)Cc1ccc(I)cc1)CCc1cc(OC)ccc1-2. The van der Waals surface area contributed by atoms with Gasteiger partial charge in [0, 0.05) is 9.13 Å². The van der Waals surface area contributed by atoms with Crippen molar-refractivity contribution in [3.63, 3.8) is 0 Å². The maximum atomic E-state index is 12.7. The second-order valence-corrected chi connectivity index (χ2v) is 8.68. The van der Waals surface area contributed by atoms with Crippen molar-refractivity contribution in [1.29, 1.82) is 0 Å². The Hall–Kier alpha value is -2.48. The Labute approximate surface area is 190 Å². The van der Waals surface area contributed by atoms with E-state index >= 15 is 0 Å². The van der Waals surface area contributed by atoms with E-state index in [1.165, 1.54) is 5.56 Å². The number of anilines is 1. The van der Waals surface area contributed by atoms with Gasteiger partial charge >= 0.3 is 0 Å². The summed E-state index contributed by atoms with van der Waals surface area (Å²) in [5.41, 5.74) is 6.04. The second kappa shape index (κ2) is 9.12. The molecule has 0 aliphatic heterocycles. The highest BCUT2D eigenvalue weighted by molar-refractivity contribution is 14.1. The normalized spacial score (nSPS) is 12.1. The van der Waals surface area contributed by atoms with Crippen LogP contribution < -0.4 is 10.1 Å². The number of amides is 1. The van der Waals surface area contributed by atoms with Crippen molar-refractivity contribution in [1.82, 2.24) is 9.97 Å².